The van der Waals surface area contributed by atoms with Crippen molar-refractivity contribution in [3.8, 4) is 0 Å². The van der Waals surface area contributed by atoms with Crippen molar-refractivity contribution >= 4 is 27.7 Å². The normalized spacial score (nSPS) is 12.1. The number of carbonyl (C=O) groups excluding carboxylic acids is 2. The van der Waals surface area contributed by atoms with Crippen LogP contribution < -0.4 is 9.62 Å². The Morgan fingerprint density at radius 2 is 1.49 bits per heavy atom. The first kappa shape index (κ1) is 29.9. The zero-order valence-corrected chi connectivity index (χ0v) is 23.9. The molecule has 0 bridgehead atoms. The maximum absolute atomic E-state index is 14.1. The molecule has 2 amide bonds. The number of para-hydroxylation sites is 1. The van der Waals surface area contributed by atoms with Gasteiger partial charge in [0.05, 0.1) is 5.69 Å². The maximum Gasteiger partial charge on any atom is 0.304 e. The van der Waals surface area contributed by atoms with Crippen LogP contribution in [-0.4, -0.2) is 62.7 Å². The topological polar surface area (TPSA) is 90.0 Å². The Morgan fingerprint density at radius 1 is 0.872 bits per heavy atom. The van der Waals surface area contributed by atoms with Crippen molar-refractivity contribution in [2.24, 2.45) is 0 Å². The van der Waals surface area contributed by atoms with Crippen molar-refractivity contribution in [1.82, 2.24) is 14.5 Å². The number of carbonyl (C=O) groups is 2. The molecule has 0 fully saturated rings. The van der Waals surface area contributed by atoms with Gasteiger partial charge in [-0.15, -0.1) is 0 Å². The number of nitrogens with one attached hydrogen (secondary N) is 1. The van der Waals surface area contributed by atoms with Crippen LogP contribution in [0.4, 0.5) is 5.69 Å². The van der Waals surface area contributed by atoms with Gasteiger partial charge in [-0.1, -0.05) is 85.3 Å². The van der Waals surface area contributed by atoms with Gasteiger partial charge in [0.25, 0.3) is 0 Å². The van der Waals surface area contributed by atoms with Crippen LogP contribution in [0.15, 0.2) is 84.9 Å². The molecule has 0 radical (unpaired) electrons. The summed E-state index contributed by atoms with van der Waals surface area (Å²) in [6, 6.07) is 24.9. The summed E-state index contributed by atoms with van der Waals surface area (Å²) in [6.07, 6.45) is 1.04. The summed E-state index contributed by atoms with van der Waals surface area (Å²) in [5, 5.41) is 2.95. The van der Waals surface area contributed by atoms with E-state index in [0.29, 0.717) is 18.7 Å². The van der Waals surface area contributed by atoms with E-state index in [2.05, 4.69) is 5.32 Å². The third-order valence-corrected chi connectivity index (χ3v) is 8.14. The van der Waals surface area contributed by atoms with Crippen molar-refractivity contribution in [3.63, 3.8) is 0 Å². The Kier molecular flexibility index (Phi) is 10.7. The molecule has 9 heteroatoms. The molecule has 0 aliphatic rings. The molecule has 1 N–H and O–H groups in total. The van der Waals surface area contributed by atoms with Crippen LogP contribution in [0.3, 0.4) is 0 Å². The molecule has 0 spiro atoms. The number of nitrogens with zero attached hydrogens (tertiary/aromatic N) is 3. The van der Waals surface area contributed by atoms with Gasteiger partial charge >= 0.3 is 10.2 Å². The molecule has 39 heavy (non-hydrogen) atoms. The average Bonchev–Trinajstić information content (AvgIpc) is 2.93. The Bertz CT molecular complexity index is 1330. The Hall–Kier alpha value is -3.69. The first-order valence-corrected chi connectivity index (χ1v) is 14.4. The molecule has 0 aliphatic heterocycles. The highest BCUT2D eigenvalue weighted by molar-refractivity contribution is 7.90. The van der Waals surface area contributed by atoms with Gasteiger partial charge in [0.15, 0.2) is 0 Å². The van der Waals surface area contributed by atoms with Crippen LogP contribution in [-0.2, 0) is 32.8 Å². The smallest absolute Gasteiger partial charge is 0.304 e. The predicted octanol–water partition coefficient (Wildman–Crippen LogP) is 3.77. The highest BCUT2D eigenvalue weighted by Gasteiger charge is 2.34. The van der Waals surface area contributed by atoms with Gasteiger partial charge < -0.3 is 10.2 Å². The summed E-state index contributed by atoms with van der Waals surface area (Å²) < 4.78 is 28.8. The Balaban J connectivity index is 2.06. The molecule has 3 aromatic rings. The maximum atomic E-state index is 14.1. The molecule has 208 valence electrons. The molecule has 0 aliphatic carbocycles. The number of aryl methyl sites for hydroxylation is 1. The van der Waals surface area contributed by atoms with Crippen molar-refractivity contribution in [2.75, 3.05) is 31.5 Å². The fourth-order valence-electron chi connectivity index (χ4n) is 4.24. The molecule has 0 saturated carbocycles. The van der Waals surface area contributed by atoms with E-state index in [1.807, 2.05) is 68.4 Å². The minimum atomic E-state index is -4.00. The van der Waals surface area contributed by atoms with Gasteiger partial charge in [-0.25, -0.2) is 4.31 Å². The van der Waals surface area contributed by atoms with Crippen LogP contribution in [0, 0.1) is 6.92 Å². The summed E-state index contributed by atoms with van der Waals surface area (Å²) in [5.74, 6) is -0.748. The minimum Gasteiger partial charge on any atom is -0.354 e. The minimum absolute atomic E-state index is 0.155. The third-order valence-electron chi connectivity index (χ3n) is 6.32. The van der Waals surface area contributed by atoms with E-state index in [-0.39, 0.29) is 12.5 Å². The summed E-state index contributed by atoms with van der Waals surface area (Å²) in [6.45, 7) is 4.10. The van der Waals surface area contributed by atoms with Crippen LogP contribution in [0.2, 0.25) is 0 Å². The lowest BCUT2D eigenvalue weighted by atomic mass is 10.0. The third kappa shape index (κ3) is 8.15. The summed E-state index contributed by atoms with van der Waals surface area (Å²) in [7, 11) is -1.15. The standard InChI is InChI=1S/C30H38N4O4S/c1-5-19-31-30(36)28(21-25-14-8-6-9-15-25)33(22-26-16-12-13-24(2)20-26)29(35)23-34(39(37,38)32(3)4)27-17-10-7-11-18-27/h6-18,20,28H,5,19,21-23H2,1-4H3,(H,31,36). The summed E-state index contributed by atoms with van der Waals surface area (Å²) >= 11 is 0. The first-order chi connectivity index (χ1) is 18.6. The molecule has 1 unspecified atom stereocenters. The van der Waals surface area contributed by atoms with Crippen molar-refractivity contribution in [2.45, 2.75) is 39.3 Å². The van der Waals surface area contributed by atoms with Gasteiger partial charge in [-0.2, -0.15) is 12.7 Å². The number of benzene rings is 3. The predicted molar refractivity (Wildman–Crippen MR) is 155 cm³/mol. The van der Waals surface area contributed by atoms with Crippen LogP contribution in [0.1, 0.15) is 30.0 Å². The SMILES string of the molecule is CCCNC(=O)C(Cc1ccccc1)N(Cc1cccc(C)c1)C(=O)CN(c1ccccc1)S(=O)(=O)N(C)C. The van der Waals surface area contributed by atoms with Crippen molar-refractivity contribution in [1.29, 1.82) is 0 Å². The lowest BCUT2D eigenvalue weighted by Gasteiger charge is -2.34. The first-order valence-electron chi connectivity index (χ1n) is 13.1. The van der Waals surface area contributed by atoms with E-state index in [4.69, 9.17) is 0 Å². The van der Waals surface area contributed by atoms with E-state index in [9.17, 15) is 18.0 Å². The molecule has 0 heterocycles. The second-order valence-electron chi connectivity index (χ2n) is 9.64. The monoisotopic (exact) mass is 550 g/mol. The molecule has 3 rings (SSSR count). The van der Waals surface area contributed by atoms with Crippen LogP contribution in [0.5, 0.6) is 0 Å². The fourth-order valence-corrected chi connectivity index (χ4v) is 5.29. The number of hydrogen-bond donors (Lipinski definition) is 1. The quantitative estimate of drug-likeness (QED) is 0.351. The molecule has 3 aromatic carbocycles. The van der Waals surface area contributed by atoms with Gasteiger partial charge in [-0.3, -0.25) is 9.59 Å². The second kappa shape index (κ2) is 13.9. The van der Waals surface area contributed by atoms with Gasteiger partial charge in [0.1, 0.15) is 12.6 Å². The zero-order valence-electron chi connectivity index (χ0n) is 23.1. The lowest BCUT2D eigenvalue weighted by Crippen LogP contribution is -2.54. The van der Waals surface area contributed by atoms with E-state index in [0.717, 1.165) is 31.7 Å². The molecule has 0 saturated heterocycles. The average molecular weight is 551 g/mol. The molecule has 1 atom stereocenters. The summed E-state index contributed by atoms with van der Waals surface area (Å²) in [5.41, 5.74) is 3.14. The van der Waals surface area contributed by atoms with Crippen LogP contribution >= 0.6 is 0 Å². The second-order valence-corrected chi connectivity index (χ2v) is 11.7. The Morgan fingerprint density at radius 3 is 2.08 bits per heavy atom. The number of hydrogen-bond acceptors (Lipinski definition) is 4. The fraction of sp³-hybridized carbons (Fsp3) is 0.333. The van der Waals surface area contributed by atoms with Crippen LogP contribution in [0.25, 0.3) is 0 Å². The molecular weight excluding hydrogens is 512 g/mol. The molecular formula is C30H38N4O4S. The van der Waals surface area contributed by atoms with Gasteiger partial charge in [0, 0.05) is 33.6 Å². The molecule has 8 nitrogen and oxygen atoms in total. The van der Waals surface area contributed by atoms with Gasteiger partial charge in [-0.05, 0) is 36.6 Å². The number of amides is 2. The summed E-state index contributed by atoms with van der Waals surface area (Å²) in [4.78, 5) is 29.1. The van der Waals surface area contributed by atoms with Crippen molar-refractivity contribution in [3.05, 3.63) is 102 Å². The zero-order chi connectivity index (χ0) is 28.4. The van der Waals surface area contributed by atoms with Gasteiger partial charge in [0.2, 0.25) is 11.8 Å². The number of anilines is 1. The van der Waals surface area contributed by atoms with Crippen molar-refractivity contribution < 1.29 is 18.0 Å². The van der Waals surface area contributed by atoms with E-state index in [1.165, 1.54) is 19.0 Å². The lowest BCUT2D eigenvalue weighted by molar-refractivity contribution is -0.140. The highest BCUT2D eigenvalue weighted by Crippen LogP contribution is 2.21. The van der Waals surface area contributed by atoms with E-state index in [1.54, 1.807) is 30.3 Å². The molecule has 0 aromatic heterocycles. The Labute approximate surface area is 232 Å². The number of rotatable bonds is 13. The van der Waals surface area contributed by atoms with E-state index >= 15 is 0 Å². The largest absolute Gasteiger partial charge is 0.354 e. The van der Waals surface area contributed by atoms with E-state index < -0.39 is 28.7 Å². The highest BCUT2D eigenvalue weighted by atomic mass is 32.2.